The van der Waals surface area contributed by atoms with Crippen LogP contribution < -0.4 is 5.11 Å². The number of carbonyl (C=O) groups excluding carboxylic acids is 2. The fraction of sp³-hybridized carbons (Fsp3) is 0.333. The summed E-state index contributed by atoms with van der Waals surface area (Å²) < 4.78 is 5.80. The van der Waals surface area contributed by atoms with Crippen LogP contribution in [0.5, 0.6) is 0 Å². The standard InChI is InChI=1S/C18H17NO4/c20-16-15-14(17(21)22)13-8-9-18(15,23-13)11-19(16)10-4-7-12-5-2-1-3-6-12/h1-9,13-15H,10-11H2,(H,21,22)/p-1/b7-4+/t13-,14+,15+,18-/m0/s1. The number of fused-ring (bicyclic) bond motifs is 1. The highest BCUT2D eigenvalue weighted by atomic mass is 16.5. The highest BCUT2D eigenvalue weighted by molar-refractivity contribution is 5.90. The fourth-order valence-electron chi connectivity index (χ4n) is 3.88. The van der Waals surface area contributed by atoms with Gasteiger partial charge >= 0.3 is 0 Å². The van der Waals surface area contributed by atoms with Gasteiger partial charge in [0.25, 0.3) is 0 Å². The molecule has 3 aliphatic heterocycles. The number of carboxylic acid groups (broad SMARTS) is 1. The van der Waals surface area contributed by atoms with E-state index in [0.717, 1.165) is 5.56 Å². The molecule has 1 aromatic carbocycles. The number of hydrogen-bond donors (Lipinski definition) is 0. The second-order valence-corrected chi connectivity index (χ2v) is 6.25. The lowest BCUT2D eigenvalue weighted by Gasteiger charge is -2.24. The van der Waals surface area contributed by atoms with Gasteiger partial charge in [0.1, 0.15) is 5.60 Å². The molecule has 3 aliphatic rings. The molecular formula is C18H16NO4-. The molecule has 0 saturated carbocycles. The smallest absolute Gasteiger partial charge is 0.230 e. The van der Waals surface area contributed by atoms with E-state index in [1.807, 2.05) is 48.6 Å². The normalized spacial score (nSPS) is 34.5. The van der Waals surface area contributed by atoms with Crippen LogP contribution in [0.25, 0.3) is 6.08 Å². The van der Waals surface area contributed by atoms with E-state index in [-0.39, 0.29) is 5.91 Å². The zero-order chi connectivity index (χ0) is 16.0. The number of carboxylic acids is 1. The number of carbonyl (C=O) groups is 2. The molecule has 2 saturated heterocycles. The van der Waals surface area contributed by atoms with Gasteiger partial charge in [0, 0.05) is 18.4 Å². The van der Waals surface area contributed by atoms with Crippen LogP contribution in [0, 0.1) is 11.8 Å². The predicted octanol–water partition coefficient (Wildman–Crippen LogP) is 0.232. The van der Waals surface area contributed by atoms with Gasteiger partial charge in [-0.2, -0.15) is 0 Å². The number of aliphatic carboxylic acids is 1. The minimum Gasteiger partial charge on any atom is -0.550 e. The van der Waals surface area contributed by atoms with Crippen molar-refractivity contribution in [3.63, 3.8) is 0 Å². The van der Waals surface area contributed by atoms with E-state index in [2.05, 4.69) is 0 Å². The van der Waals surface area contributed by atoms with E-state index < -0.39 is 29.5 Å². The molecule has 1 spiro atoms. The molecule has 2 fully saturated rings. The van der Waals surface area contributed by atoms with E-state index in [0.29, 0.717) is 13.1 Å². The maximum absolute atomic E-state index is 12.6. The molecule has 1 aromatic rings. The van der Waals surface area contributed by atoms with Crippen LogP contribution in [-0.4, -0.2) is 41.6 Å². The predicted molar refractivity (Wildman–Crippen MR) is 80.8 cm³/mol. The molecule has 3 heterocycles. The Labute approximate surface area is 133 Å². The molecule has 0 unspecified atom stereocenters. The van der Waals surface area contributed by atoms with Crippen LogP contribution in [0.1, 0.15) is 5.56 Å². The Morgan fingerprint density at radius 1 is 1.39 bits per heavy atom. The number of nitrogens with zero attached hydrogens (tertiary/aromatic N) is 1. The summed E-state index contributed by atoms with van der Waals surface area (Å²) in [7, 11) is 0. The lowest BCUT2D eigenvalue weighted by Crippen LogP contribution is -2.45. The lowest BCUT2D eigenvalue weighted by molar-refractivity contribution is -0.313. The van der Waals surface area contributed by atoms with Crippen LogP contribution in [0.2, 0.25) is 0 Å². The summed E-state index contributed by atoms with van der Waals surface area (Å²) >= 11 is 0. The molecule has 4 rings (SSSR count). The Morgan fingerprint density at radius 3 is 2.91 bits per heavy atom. The average Bonchev–Trinajstić information content (AvgIpc) is 3.17. The number of likely N-dealkylation sites (tertiary alicyclic amines) is 1. The van der Waals surface area contributed by atoms with Gasteiger partial charge < -0.3 is 19.5 Å². The number of amides is 1. The van der Waals surface area contributed by atoms with Crippen LogP contribution in [0.15, 0.2) is 48.6 Å². The van der Waals surface area contributed by atoms with E-state index in [1.165, 1.54) is 0 Å². The molecule has 5 nitrogen and oxygen atoms in total. The van der Waals surface area contributed by atoms with Crippen molar-refractivity contribution in [1.82, 2.24) is 4.90 Å². The molecule has 23 heavy (non-hydrogen) atoms. The first kappa shape index (κ1) is 14.2. The molecule has 1 amide bonds. The minimum absolute atomic E-state index is 0.163. The molecule has 2 bridgehead atoms. The number of hydrogen-bond acceptors (Lipinski definition) is 4. The Bertz CT molecular complexity index is 711. The van der Waals surface area contributed by atoms with Crippen molar-refractivity contribution in [2.75, 3.05) is 13.1 Å². The highest BCUT2D eigenvalue weighted by Gasteiger charge is 2.65. The molecule has 0 radical (unpaired) electrons. The largest absolute Gasteiger partial charge is 0.550 e. The van der Waals surface area contributed by atoms with Crippen molar-refractivity contribution in [1.29, 1.82) is 0 Å². The third-order valence-corrected chi connectivity index (χ3v) is 4.89. The third kappa shape index (κ3) is 2.11. The lowest BCUT2D eigenvalue weighted by atomic mass is 9.77. The van der Waals surface area contributed by atoms with Gasteiger partial charge in [0.2, 0.25) is 5.91 Å². The van der Waals surface area contributed by atoms with Gasteiger partial charge in [-0.25, -0.2) is 0 Å². The number of benzene rings is 1. The first-order valence-electron chi connectivity index (χ1n) is 7.69. The summed E-state index contributed by atoms with van der Waals surface area (Å²) in [6, 6.07) is 9.81. The van der Waals surface area contributed by atoms with Crippen LogP contribution in [0.3, 0.4) is 0 Å². The summed E-state index contributed by atoms with van der Waals surface area (Å²) in [6.07, 6.45) is 6.92. The summed E-state index contributed by atoms with van der Waals surface area (Å²) in [4.78, 5) is 25.6. The molecular weight excluding hydrogens is 294 g/mol. The average molecular weight is 310 g/mol. The summed E-state index contributed by atoms with van der Waals surface area (Å²) in [5.41, 5.74) is 0.273. The second-order valence-electron chi connectivity index (χ2n) is 6.25. The topological polar surface area (TPSA) is 69.7 Å². The van der Waals surface area contributed by atoms with E-state index in [1.54, 1.807) is 11.0 Å². The molecule has 0 aromatic heterocycles. The van der Waals surface area contributed by atoms with Crippen molar-refractivity contribution in [2.45, 2.75) is 11.7 Å². The third-order valence-electron chi connectivity index (χ3n) is 4.89. The quantitative estimate of drug-likeness (QED) is 0.747. The maximum atomic E-state index is 12.6. The van der Waals surface area contributed by atoms with Gasteiger partial charge in [-0.05, 0) is 5.56 Å². The minimum atomic E-state index is -1.21. The van der Waals surface area contributed by atoms with Gasteiger partial charge in [-0.3, -0.25) is 4.79 Å². The van der Waals surface area contributed by atoms with Crippen LogP contribution in [0.4, 0.5) is 0 Å². The number of ether oxygens (including phenoxy) is 1. The van der Waals surface area contributed by atoms with Crippen molar-refractivity contribution >= 4 is 18.0 Å². The summed E-state index contributed by atoms with van der Waals surface area (Å²) in [5.74, 6) is -2.91. The fourth-order valence-corrected chi connectivity index (χ4v) is 3.88. The zero-order valence-electron chi connectivity index (χ0n) is 12.4. The summed E-state index contributed by atoms with van der Waals surface area (Å²) in [6.45, 7) is 0.833. The first-order chi connectivity index (χ1) is 11.1. The Balaban J connectivity index is 1.51. The molecule has 0 N–H and O–H groups in total. The molecule has 4 atom stereocenters. The van der Waals surface area contributed by atoms with E-state index in [4.69, 9.17) is 4.74 Å². The van der Waals surface area contributed by atoms with Gasteiger partial charge in [-0.1, -0.05) is 54.6 Å². The Morgan fingerprint density at radius 2 is 2.17 bits per heavy atom. The Hall–Kier alpha value is -2.40. The van der Waals surface area contributed by atoms with Gasteiger partial charge in [0.05, 0.1) is 18.6 Å². The number of rotatable bonds is 4. The highest BCUT2D eigenvalue weighted by Crippen LogP contribution is 2.51. The maximum Gasteiger partial charge on any atom is 0.230 e. The molecule has 5 heteroatoms. The molecule has 118 valence electrons. The second kappa shape index (κ2) is 5.06. The SMILES string of the molecule is O=C([O-])[C@@H]1[C@@H]2C=C[C@@]3(CN(C/C=C/c4ccccc4)C(=O)[C@@H]13)O2. The van der Waals surface area contributed by atoms with Crippen molar-refractivity contribution in [3.8, 4) is 0 Å². The summed E-state index contributed by atoms with van der Waals surface area (Å²) in [5, 5.41) is 11.4. The van der Waals surface area contributed by atoms with Crippen LogP contribution in [-0.2, 0) is 14.3 Å². The van der Waals surface area contributed by atoms with E-state index in [9.17, 15) is 14.7 Å². The van der Waals surface area contributed by atoms with Crippen molar-refractivity contribution in [2.24, 2.45) is 11.8 Å². The van der Waals surface area contributed by atoms with Crippen molar-refractivity contribution in [3.05, 3.63) is 54.1 Å². The van der Waals surface area contributed by atoms with Crippen molar-refractivity contribution < 1.29 is 19.4 Å². The van der Waals surface area contributed by atoms with Gasteiger partial charge in [-0.15, -0.1) is 0 Å². The monoisotopic (exact) mass is 310 g/mol. The van der Waals surface area contributed by atoms with Gasteiger partial charge in [0.15, 0.2) is 0 Å². The van der Waals surface area contributed by atoms with Crippen LogP contribution >= 0.6 is 0 Å². The first-order valence-corrected chi connectivity index (χ1v) is 7.69. The zero-order valence-corrected chi connectivity index (χ0v) is 12.4. The molecule has 0 aliphatic carbocycles. The Kier molecular flexibility index (Phi) is 3.13. The van der Waals surface area contributed by atoms with E-state index >= 15 is 0 Å².